The lowest BCUT2D eigenvalue weighted by atomic mass is 10.1. The van der Waals surface area contributed by atoms with Crippen molar-refractivity contribution in [1.29, 1.82) is 0 Å². The van der Waals surface area contributed by atoms with E-state index in [9.17, 15) is 33.2 Å². The van der Waals surface area contributed by atoms with E-state index in [1.165, 1.54) is 30.3 Å². The zero-order valence-electron chi connectivity index (χ0n) is 19.7. The van der Waals surface area contributed by atoms with Crippen LogP contribution in [0.25, 0.3) is 11.3 Å². The fourth-order valence-electron chi connectivity index (χ4n) is 3.61. The van der Waals surface area contributed by atoms with Gasteiger partial charge in [-0.2, -0.15) is 13.2 Å². The first-order valence-corrected chi connectivity index (χ1v) is 11.9. The Balaban J connectivity index is 1.95. The zero-order chi connectivity index (χ0) is 26.5. The molecule has 0 unspecified atom stereocenters. The molecule has 192 valence electrons. The third kappa shape index (κ3) is 6.86. The highest BCUT2D eigenvalue weighted by molar-refractivity contribution is 7.14. The molecule has 0 saturated heterocycles. The molecule has 0 atom stereocenters. The van der Waals surface area contributed by atoms with E-state index >= 15 is 0 Å². The van der Waals surface area contributed by atoms with Crippen LogP contribution in [0.2, 0.25) is 0 Å². The van der Waals surface area contributed by atoms with E-state index in [2.05, 4.69) is 4.98 Å². The number of aromatic nitrogens is 1. The number of rotatable bonds is 10. The van der Waals surface area contributed by atoms with Gasteiger partial charge >= 0.3 is 6.18 Å². The first-order valence-electron chi connectivity index (χ1n) is 11.0. The molecule has 0 aliphatic heterocycles. The van der Waals surface area contributed by atoms with E-state index in [1.54, 1.807) is 11.4 Å². The predicted octanol–water partition coefficient (Wildman–Crippen LogP) is 5.25. The van der Waals surface area contributed by atoms with Crippen LogP contribution in [0.4, 0.5) is 29.7 Å². The number of aliphatic hydroxyl groups is 1. The van der Waals surface area contributed by atoms with Gasteiger partial charge in [-0.05, 0) is 18.2 Å². The smallest absolute Gasteiger partial charge is 0.391 e. The SMILES string of the molecule is C[N+](C)(CCO)CCCC(=O)N(c1cccc(C(F)(F)F)c1)c1nc(-c2cccc([N+](=O)[O-])c2)cs1. The summed E-state index contributed by atoms with van der Waals surface area (Å²) in [5.41, 5.74) is -0.181. The molecule has 0 spiro atoms. The van der Waals surface area contributed by atoms with E-state index in [4.69, 9.17) is 0 Å². The van der Waals surface area contributed by atoms with Gasteiger partial charge < -0.3 is 9.59 Å². The molecule has 0 radical (unpaired) electrons. The molecule has 0 aliphatic rings. The molecular formula is C24H26F3N4O4S+. The number of likely N-dealkylation sites (N-methyl/N-ethyl adjacent to an activating group) is 1. The van der Waals surface area contributed by atoms with Gasteiger partial charge in [0.1, 0.15) is 6.54 Å². The monoisotopic (exact) mass is 523 g/mol. The molecule has 0 aliphatic carbocycles. The minimum absolute atomic E-state index is 0.00313. The number of nitrogens with zero attached hydrogens (tertiary/aromatic N) is 4. The van der Waals surface area contributed by atoms with Crippen molar-refractivity contribution in [3.05, 3.63) is 69.6 Å². The van der Waals surface area contributed by atoms with E-state index in [-0.39, 0.29) is 29.5 Å². The number of amides is 1. The van der Waals surface area contributed by atoms with Crippen LogP contribution in [0, 0.1) is 10.1 Å². The number of nitro benzene ring substituents is 1. The average molecular weight is 524 g/mol. The summed E-state index contributed by atoms with van der Waals surface area (Å²) < 4.78 is 40.6. The summed E-state index contributed by atoms with van der Waals surface area (Å²) in [5.74, 6) is -0.432. The Hall–Kier alpha value is -3.35. The van der Waals surface area contributed by atoms with Crippen molar-refractivity contribution in [2.24, 2.45) is 0 Å². The molecule has 3 aromatic rings. The Morgan fingerprint density at radius 1 is 1.17 bits per heavy atom. The minimum Gasteiger partial charge on any atom is -0.391 e. The van der Waals surface area contributed by atoms with Crippen molar-refractivity contribution in [3.8, 4) is 11.3 Å². The van der Waals surface area contributed by atoms with E-state index in [1.807, 2.05) is 14.1 Å². The molecule has 3 rings (SSSR count). The zero-order valence-corrected chi connectivity index (χ0v) is 20.6. The molecule has 0 saturated carbocycles. The first kappa shape index (κ1) is 27.2. The lowest BCUT2D eigenvalue weighted by Crippen LogP contribution is -2.43. The number of hydrogen-bond donors (Lipinski definition) is 1. The average Bonchev–Trinajstić information content (AvgIpc) is 3.28. The van der Waals surface area contributed by atoms with Gasteiger partial charge in [0.15, 0.2) is 5.13 Å². The normalized spacial score (nSPS) is 11.9. The third-order valence-corrected chi connectivity index (χ3v) is 6.40. The highest BCUT2D eigenvalue weighted by Gasteiger charge is 2.32. The second-order valence-corrected chi connectivity index (χ2v) is 9.65. The van der Waals surface area contributed by atoms with Crippen molar-refractivity contribution in [2.75, 3.05) is 38.7 Å². The van der Waals surface area contributed by atoms with Crippen LogP contribution in [0.15, 0.2) is 53.9 Å². The number of halogens is 3. The number of quaternary nitrogens is 1. The summed E-state index contributed by atoms with van der Waals surface area (Å²) in [4.78, 5) is 29.5. The molecule has 36 heavy (non-hydrogen) atoms. The number of carbonyl (C=O) groups is 1. The predicted molar refractivity (Wildman–Crippen MR) is 131 cm³/mol. The molecule has 2 aromatic carbocycles. The number of benzene rings is 2. The van der Waals surface area contributed by atoms with Crippen LogP contribution < -0.4 is 4.90 Å². The highest BCUT2D eigenvalue weighted by atomic mass is 32.1. The summed E-state index contributed by atoms with van der Waals surface area (Å²) in [6.45, 7) is 1.08. The maximum atomic E-state index is 13.4. The summed E-state index contributed by atoms with van der Waals surface area (Å²) >= 11 is 1.06. The number of alkyl halides is 3. The number of carbonyl (C=O) groups excluding carboxylic acids is 1. The van der Waals surface area contributed by atoms with E-state index in [0.717, 1.165) is 28.4 Å². The van der Waals surface area contributed by atoms with Gasteiger partial charge in [0.2, 0.25) is 5.91 Å². The number of non-ortho nitro benzene ring substituents is 1. The van der Waals surface area contributed by atoms with Crippen molar-refractivity contribution in [2.45, 2.75) is 19.0 Å². The lowest BCUT2D eigenvalue weighted by Gasteiger charge is -2.29. The third-order valence-electron chi connectivity index (χ3n) is 5.58. The van der Waals surface area contributed by atoms with Gasteiger partial charge in [-0.15, -0.1) is 11.3 Å². The Bertz CT molecular complexity index is 1230. The van der Waals surface area contributed by atoms with Crippen molar-refractivity contribution in [3.63, 3.8) is 0 Å². The fourth-order valence-corrected chi connectivity index (χ4v) is 4.48. The maximum Gasteiger partial charge on any atom is 0.416 e. The van der Waals surface area contributed by atoms with E-state index in [0.29, 0.717) is 35.3 Å². The van der Waals surface area contributed by atoms with Crippen LogP contribution in [-0.4, -0.2) is 59.2 Å². The topological polar surface area (TPSA) is 96.6 Å². The van der Waals surface area contributed by atoms with Crippen LogP contribution in [0.3, 0.4) is 0 Å². The molecular weight excluding hydrogens is 497 g/mol. The first-order chi connectivity index (χ1) is 16.9. The highest BCUT2D eigenvalue weighted by Crippen LogP contribution is 2.37. The van der Waals surface area contributed by atoms with Gasteiger partial charge in [0, 0.05) is 35.9 Å². The molecule has 0 fully saturated rings. The molecule has 1 N–H and O–H groups in total. The van der Waals surface area contributed by atoms with Gasteiger partial charge in [-0.1, -0.05) is 18.2 Å². The summed E-state index contributed by atoms with van der Waals surface area (Å²) in [6.07, 6.45) is -4.09. The van der Waals surface area contributed by atoms with Crippen molar-refractivity contribution < 1.29 is 32.5 Å². The second kappa shape index (κ2) is 11.1. The van der Waals surface area contributed by atoms with Crippen LogP contribution in [0.5, 0.6) is 0 Å². The Kier molecular flexibility index (Phi) is 8.43. The molecule has 1 amide bonds. The Morgan fingerprint density at radius 2 is 1.89 bits per heavy atom. The van der Waals surface area contributed by atoms with Crippen LogP contribution in [-0.2, 0) is 11.0 Å². The maximum absolute atomic E-state index is 13.4. The van der Waals surface area contributed by atoms with Crippen LogP contribution in [0.1, 0.15) is 18.4 Å². The standard InChI is InChI=1S/C24H26F3N4O4S/c1-31(2,12-13-32)11-5-10-22(33)29(19-8-4-7-18(15-19)24(25,26)27)23-28-21(16-36-23)17-6-3-9-20(14-17)30(34)35/h3-4,6-9,14-16,32H,5,10-13H2,1-2H3/q+1. The van der Waals surface area contributed by atoms with Crippen molar-refractivity contribution >= 4 is 33.8 Å². The molecule has 8 nitrogen and oxygen atoms in total. The Morgan fingerprint density at radius 3 is 2.56 bits per heavy atom. The number of hydrogen-bond acceptors (Lipinski definition) is 6. The molecule has 1 aromatic heterocycles. The fraction of sp³-hybridized carbons (Fsp3) is 0.333. The van der Waals surface area contributed by atoms with Gasteiger partial charge in [-0.25, -0.2) is 4.98 Å². The second-order valence-electron chi connectivity index (χ2n) is 8.81. The van der Waals surface area contributed by atoms with Gasteiger partial charge in [0.25, 0.3) is 5.69 Å². The molecule has 0 bridgehead atoms. The van der Waals surface area contributed by atoms with Crippen molar-refractivity contribution in [1.82, 2.24) is 4.98 Å². The summed E-state index contributed by atoms with van der Waals surface area (Å²) in [6, 6.07) is 10.3. The quantitative estimate of drug-likeness (QED) is 0.222. The van der Waals surface area contributed by atoms with Gasteiger partial charge in [-0.3, -0.25) is 19.8 Å². The van der Waals surface area contributed by atoms with Gasteiger partial charge in [0.05, 0.1) is 49.1 Å². The van der Waals surface area contributed by atoms with E-state index < -0.39 is 22.6 Å². The number of aliphatic hydroxyl groups excluding tert-OH is 1. The number of thiazole rings is 1. The molecule has 12 heteroatoms. The Labute approximate surface area is 210 Å². The largest absolute Gasteiger partial charge is 0.416 e. The molecule has 1 heterocycles. The van der Waals surface area contributed by atoms with Crippen LogP contribution >= 0.6 is 11.3 Å². The summed E-state index contributed by atoms with van der Waals surface area (Å²) in [5, 5.41) is 22.1. The number of anilines is 2. The summed E-state index contributed by atoms with van der Waals surface area (Å²) in [7, 11) is 3.83. The minimum atomic E-state index is -4.59. The number of nitro groups is 1. The lowest BCUT2D eigenvalue weighted by molar-refractivity contribution is -0.890.